The van der Waals surface area contributed by atoms with Crippen LogP contribution in [0, 0.1) is 11.6 Å². The van der Waals surface area contributed by atoms with Crippen molar-refractivity contribution in [1.82, 2.24) is 14.6 Å². The SMILES string of the molecule is NC(=O)c1c(OCc2c(F)cc(Cl)cc2F)nsc1NC(=O)NCCCC(O)CN1CCCCC1. The van der Waals surface area contributed by atoms with Gasteiger partial charge in [-0.05, 0) is 62.4 Å². The molecule has 35 heavy (non-hydrogen) atoms. The van der Waals surface area contributed by atoms with Gasteiger partial charge in [0.25, 0.3) is 5.91 Å². The smallest absolute Gasteiger partial charge is 0.319 e. The van der Waals surface area contributed by atoms with Gasteiger partial charge in [-0.3, -0.25) is 10.1 Å². The van der Waals surface area contributed by atoms with Gasteiger partial charge in [0.1, 0.15) is 28.8 Å². The number of hydrogen-bond donors (Lipinski definition) is 4. The minimum Gasteiger partial charge on any atom is -0.471 e. The third-order valence-electron chi connectivity index (χ3n) is 5.51. The molecule has 0 radical (unpaired) electrons. The van der Waals surface area contributed by atoms with Gasteiger partial charge in [-0.15, -0.1) is 0 Å². The fraction of sp³-hybridized carbons (Fsp3) is 0.500. The van der Waals surface area contributed by atoms with Crippen molar-refractivity contribution < 1.29 is 28.2 Å². The number of halogens is 3. The highest BCUT2D eigenvalue weighted by Gasteiger charge is 2.23. The number of rotatable bonds is 11. The lowest BCUT2D eigenvalue weighted by Crippen LogP contribution is -2.37. The van der Waals surface area contributed by atoms with Crippen LogP contribution in [0.5, 0.6) is 5.88 Å². The van der Waals surface area contributed by atoms with Crippen molar-refractivity contribution >= 4 is 40.1 Å². The molecule has 1 aromatic heterocycles. The zero-order chi connectivity index (χ0) is 25.4. The lowest BCUT2D eigenvalue weighted by atomic mass is 10.1. The average molecular weight is 532 g/mol. The number of aliphatic hydroxyl groups excluding tert-OH is 1. The largest absolute Gasteiger partial charge is 0.471 e. The Kier molecular flexibility index (Phi) is 10.0. The number of anilines is 1. The number of likely N-dealkylation sites (tertiary alicyclic amines) is 1. The lowest BCUT2D eigenvalue weighted by Gasteiger charge is -2.28. The number of benzene rings is 1. The Hall–Kier alpha value is -2.54. The topological polar surface area (TPSA) is 130 Å². The van der Waals surface area contributed by atoms with Crippen molar-refractivity contribution in [3.8, 4) is 5.88 Å². The van der Waals surface area contributed by atoms with Crippen molar-refractivity contribution in [1.29, 1.82) is 0 Å². The number of primary amides is 1. The van der Waals surface area contributed by atoms with E-state index in [1.165, 1.54) is 6.42 Å². The highest BCUT2D eigenvalue weighted by molar-refractivity contribution is 7.11. The first-order chi connectivity index (χ1) is 16.7. The second-order valence-electron chi connectivity index (χ2n) is 8.23. The molecule has 192 valence electrons. The summed E-state index contributed by atoms with van der Waals surface area (Å²) in [5.74, 6) is -3.01. The summed E-state index contributed by atoms with van der Waals surface area (Å²) in [5.41, 5.74) is 4.79. The number of nitrogens with zero attached hydrogens (tertiary/aromatic N) is 2. The van der Waals surface area contributed by atoms with Gasteiger partial charge < -0.3 is 25.8 Å². The van der Waals surface area contributed by atoms with Gasteiger partial charge in [0.15, 0.2) is 0 Å². The fourth-order valence-electron chi connectivity index (χ4n) is 3.75. The number of carbonyl (C=O) groups is 2. The Bertz CT molecular complexity index is 1010. The van der Waals surface area contributed by atoms with E-state index >= 15 is 0 Å². The maximum Gasteiger partial charge on any atom is 0.319 e. The number of nitrogens with one attached hydrogen (secondary N) is 2. The maximum absolute atomic E-state index is 14.0. The van der Waals surface area contributed by atoms with Crippen molar-refractivity contribution in [3.63, 3.8) is 0 Å². The number of aliphatic hydroxyl groups is 1. The molecule has 1 aliphatic rings. The van der Waals surface area contributed by atoms with Crippen LogP contribution in [0.4, 0.5) is 18.6 Å². The molecule has 3 amide bonds. The zero-order valence-corrected chi connectivity index (χ0v) is 20.6. The third kappa shape index (κ3) is 7.99. The Balaban J connectivity index is 1.48. The summed E-state index contributed by atoms with van der Waals surface area (Å²) < 4.78 is 37.2. The molecule has 3 rings (SSSR count). The summed E-state index contributed by atoms with van der Waals surface area (Å²) >= 11 is 6.35. The predicted molar refractivity (Wildman–Crippen MR) is 129 cm³/mol. The molecule has 1 aromatic carbocycles. The first kappa shape index (κ1) is 27.1. The standard InChI is InChI=1S/C22H28ClF2N5O4S/c23-13-9-16(24)15(17(25)10-13)12-34-20-18(19(26)32)21(35-29-20)28-22(33)27-6-4-5-14(31)11-30-7-2-1-3-8-30/h9-10,14,31H,1-8,11-12H2,(H2,26,32)(H2,27,28,33). The molecule has 1 unspecified atom stereocenters. The molecular formula is C22H28ClF2N5O4S. The molecule has 1 atom stereocenters. The van der Waals surface area contributed by atoms with Gasteiger partial charge >= 0.3 is 6.03 Å². The van der Waals surface area contributed by atoms with E-state index in [-0.39, 0.29) is 21.5 Å². The number of ether oxygens (including phenoxy) is 1. The first-order valence-electron chi connectivity index (χ1n) is 11.3. The van der Waals surface area contributed by atoms with Crippen molar-refractivity contribution in [2.24, 2.45) is 5.73 Å². The Labute approximate surface area is 210 Å². The summed E-state index contributed by atoms with van der Waals surface area (Å²) in [6.45, 7) is 2.38. The van der Waals surface area contributed by atoms with Crippen molar-refractivity contribution in [3.05, 3.63) is 39.9 Å². The number of aromatic nitrogens is 1. The number of β-amino-alcohol motifs (C(OH)–C–C–N with tert-alkyl or cyclic N) is 1. The molecule has 1 fully saturated rings. The van der Waals surface area contributed by atoms with Gasteiger partial charge in [0.2, 0.25) is 5.88 Å². The van der Waals surface area contributed by atoms with Crippen LogP contribution in [0.25, 0.3) is 0 Å². The summed E-state index contributed by atoms with van der Waals surface area (Å²) in [4.78, 5) is 26.4. The van der Waals surface area contributed by atoms with E-state index in [2.05, 4.69) is 19.9 Å². The molecule has 0 saturated carbocycles. The molecule has 0 bridgehead atoms. The average Bonchev–Trinajstić information content (AvgIpc) is 3.19. The van der Waals surface area contributed by atoms with Crippen molar-refractivity contribution in [2.45, 2.75) is 44.8 Å². The molecule has 2 heterocycles. The van der Waals surface area contributed by atoms with Gasteiger partial charge in [-0.1, -0.05) is 18.0 Å². The van der Waals surface area contributed by atoms with Crippen LogP contribution in [0.15, 0.2) is 12.1 Å². The van der Waals surface area contributed by atoms with Crippen LogP contribution >= 0.6 is 23.1 Å². The number of nitrogens with two attached hydrogens (primary N) is 1. The van der Waals surface area contributed by atoms with Gasteiger partial charge in [0.05, 0.1) is 11.7 Å². The van der Waals surface area contributed by atoms with Crippen LogP contribution in [0.2, 0.25) is 5.02 Å². The minimum absolute atomic E-state index is 0.0344. The Morgan fingerprint density at radius 1 is 1.26 bits per heavy atom. The highest BCUT2D eigenvalue weighted by atomic mass is 35.5. The molecule has 2 aromatic rings. The predicted octanol–water partition coefficient (Wildman–Crippen LogP) is 3.50. The second kappa shape index (κ2) is 13.0. The monoisotopic (exact) mass is 531 g/mol. The van der Waals surface area contributed by atoms with Crippen molar-refractivity contribution in [2.75, 3.05) is 31.5 Å². The van der Waals surface area contributed by atoms with E-state index in [1.807, 2.05) is 0 Å². The number of piperidine rings is 1. The number of urea groups is 1. The molecule has 1 saturated heterocycles. The summed E-state index contributed by atoms with van der Waals surface area (Å²) in [7, 11) is 0. The molecular weight excluding hydrogens is 504 g/mol. The van der Waals surface area contributed by atoms with Crippen LogP contribution < -0.4 is 21.1 Å². The van der Waals surface area contributed by atoms with Crippen LogP contribution in [0.1, 0.15) is 48.0 Å². The van der Waals surface area contributed by atoms with E-state index in [4.69, 9.17) is 22.1 Å². The third-order valence-corrected chi connectivity index (χ3v) is 6.47. The number of amides is 3. The van der Waals surface area contributed by atoms with E-state index in [1.54, 1.807) is 0 Å². The quantitative estimate of drug-likeness (QED) is 0.328. The summed E-state index contributed by atoms with van der Waals surface area (Å²) in [6.07, 6.45) is 4.19. The second-order valence-corrected chi connectivity index (χ2v) is 9.44. The minimum atomic E-state index is -0.929. The number of hydrogen-bond acceptors (Lipinski definition) is 7. The summed E-state index contributed by atoms with van der Waals surface area (Å²) in [5, 5.41) is 15.2. The van der Waals surface area contributed by atoms with Crippen LogP contribution in [-0.4, -0.2) is 58.6 Å². The van der Waals surface area contributed by atoms with Gasteiger partial charge in [-0.25, -0.2) is 13.6 Å². The highest BCUT2D eigenvalue weighted by Crippen LogP contribution is 2.31. The van der Waals surface area contributed by atoms with E-state index < -0.39 is 41.8 Å². The molecule has 0 aliphatic carbocycles. The van der Waals surface area contributed by atoms with E-state index in [0.717, 1.165) is 49.6 Å². The number of carbonyl (C=O) groups excluding carboxylic acids is 2. The maximum atomic E-state index is 14.0. The van der Waals surface area contributed by atoms with E-state index in [9.17, 15) is 23.5 Å². The first-order valence-corrected chi connectivity index (χ1v) is 12.4. The fourth-order valence-corrected chi connectivity index (χ4v) is 4.67. The normalized spacial score (nSPS) is 15.0. The van der Waals surface area contributed by atoms with Crippen LogP contribution in [0.3, 0.4) is 0 Å². The summed E-state index contributed by atoms with van der Waals surface area (Å²) in [6, 6.07) is 1.27. The zero-order valence-electron chi connectivity index (χ0n) is 19.0. The molecule has 1 aliphatic heterocycles. The van der Waals surface area contributed by atoms with Gasteiger partial charge in [-0.2, -0.15) is 4.37 Å². The van der Waals surface area contributed by atoms with E-state index in [0.29, 0.717) is 25.9 Å². The Morgan fingerprint density at radius 2 is 1.94 bits per heavy atom. The van der Waals surface area contributed by atoms with Crippen LogP contribution in [-0.2, 0) is 6.61 Å². The van der Waals surface area contributed by atoms with Gasteiger partial charge in [0, 0.05) is 18.1 Å². The Morgan fingerprint density at radius 3 is 2.60 bits per heavy atom. The molecule has 5 N–H and O–H groups in total. The molecule has 13 heteroatoms. The molecule has 0 spiro atoms. The molecule has 9 nitrogen and oxygen atoms in total. The lowest BCUT2D eigenvalue weighted by molar-refractivity contribution is 0.0933.